The molecular weight excluding hydrogens is 250 g/mol. The fourth-order valence-corrected chi connectivity index (χ4v) is 2.02. The van der Waals surface area contributed by atoms with Gasteiger partial charge in [-0.1, -0.05) is 24.6 Å². The highest BCUT2D eigenvalue weighted by molar-refractivity contribution is 6.33. The van der Waals surface area contributed by atoms with Crippen molar-refractivity contribution in [3.8, 4) is 0 Å². The van der Waals surface area contributed by atoms with E-state index in [1.165, 1.54) is 6.20 Å². The van der Waals surface area contributed by atoms with Gasteiger partial charge >= 0.3 is 0 Å². The van der Waals surface area contributed by atoms with Gasteiger partial charge in [-0.05, 0) is 18.6 Å². The van der Waals surface area contributed by atoms with E-state index in [4.69, 9.17) is 11.6 Å². The van der Waals surface area contributed by atoms with E-state index in [9.17, 15) is 4.79 Å². The summed E-state index contributed by atoms with van der Waals surface area (Å²) in [7, 11) is 0. The minimum Gasteiger partial charge on any atom is -0.292 e. The molecule has 0 aliphatic rings. The van der Waals surface area contributed by atoms with E-state index in [0.29, 0.717) is 17.3 Å². The first kappa shape index (κ1) is 12.8. The van der Waals surface area contributed by atoms with E-state index in [0.717, 1.165) is 12.1 Å². The second-order valence-corrected chi connectivity index (χ2v) is 4.39. The molecule has 0 bridgehead atoms. The van der Waals surface area contributed by atoms with Gasteiger partial charge < -0.3 is 0 Å². The third-order valence-electron chi connectivity index (χ3n) is 2.56. The maximum absolute atomic E-state index is 12.2. The molecule has 0 fully saturated rings. The van der Waals surface area contributed by atoms with Crippen LogP contribution in [0.25, 0.3) is 0 Å². The Morgan fingerprint density at radius 3 is 2.94 bits per heavy atom. The maximum Gasteiger partial charge on any atom is 0.188 e. The van der Waals surface area contributed by atoms with Crippen LogP contribution in [-0.2, 0) is 13.0 Å². The second-order valence-electron chi connectivity index (χ2n) is 3.99. The van der Waals surface area contributed by atoms with Crippen LogP contribution in [-0.4, -0.2) is 20.5 Å². The van der Waals surface area contributed by atoms with Gasteiger partial charge in [-0.2, -0.15) is 5.10 Å². The number of carbonyl (C=O) groups is 1. The summed E-state index contributed by atoms with van der Waals surface area (Å²) in [5, 5.41) is 4.52. The van der Waals surface area contributed by atoms with Crippen molar-refractivity contribution in [1.29, 1.82) is 0 Å². The Morgan fingerprint density at radius 1 is 1.44 bits per heavy atom. The number of Topliss-reactive ketones (excluding diaryl/α,β-unsaturated/α-hetero) is 1. The number of pyridine rings is 1. The number of aromatic nitrogens is 3. The van der Waals surface area contributed by atoms with Gasteiger partial charge in [0, 0.05) is 18.4 Å². The summed E-state index contributed by atoms with van der Waals surface area (Å²) in [6, 6.07) is 5.51. The quantitative estimate of drug-likeness (QED) is 0.780. The number of halogens is 1. The van der Waals surface area contributed by atoms with Crippen molar-refractivity contribution in [3.05, 3.63) is 47.0 Å². The van der Waals surface area contributed by atoms with Gasteiger partial charge in [-0.15, -0.1) is 0 Å². The molecule has 94 valence electrons. The summed E-state index contributed by atoms with van der Waals surface area (Å²) in [6.45, 7) is 2.72. The smallest absolute Gasteiger partial charge is 0.188 e. The summed E-state index contributed by atoms with van der Waals surface area (Å²) in [6.07, 6.45) is 4.34. The van der Waals surface area contributed by atoms with Crippen molar-refractivity contribution in [2.24, 2.45) is 0 Å². The predicted octanol–water partition coefficient (Wildman–Crippen LogP) is 2.77. The molecular formula is C13H14ClN3O. The minimum atomic E-state index is -0.0512. The topological polar surface area (TPSA) is 47.8 Å². The third kappa shape index (κ3) is 2.76. The van der Waals surface area contributed by atoms with E-state index < -0.39 is 0 Å². The third-order valence-corrected chi connectivity index (χ3v) is 2.84. The Hall–Kier alpha value is -1.68. The molecule has 0 aliphatic carbocycles. The monoisotopic (exact) mass is 263 g/mol. The van der Waals surface area contributed by atoms with E-state index in [2.05, 4.69) is 10.1 Å². The van der Waals surface area contributed by atoms with Gasteiger partial charge in [0.05, 0.1) is 17.6 Å². The molecule has 0 spiro atoms. The number of rotatable bonds is 5. The zero-order valence-corrected chi connectivity index (χ0v) is 10.9. The van der Waals surface area contributed by atoms with Crippen LogP contribution in [0.3, 0.4) is 0 Å². The van der Waals surface area contributed by atoms with Crippen molar-refractivity contribution < 1.29 is 4.79 Å². The first-order chi connectivity index (χ1) is 8.72. The zero-order valence-electron chi connectivity index (χ0n) is 10.1. The van der Waals surface area contributed by atoms with Gasteiger partial charge in [-0.3, -0.25) is 14.5 Å². The molecule has 0 N–H and O–H groups in total. The van der Waals surface area contributed by atoms with Crippen LogP contribution in [0, 0.1) is 0 Å². The van der Waals surface area contributed by atoms with E-state index >= 15 is 0 Å². The maximum atomic E-state index is 12.2. The van der Waals surface area contributed by atoms with Gasteiger partial charge in [0.15, 0.2) is 5.78 Å². The highest BCUT2D eigenvalue weighted by Crippen LogP contribution is 2.17. The Labute approximate surface area is 111 Å². The van der Waals surface area contributed by atoms with Crippen LogP contribution in [0.4, 0.5) is 0 Å². The largest absolute Gasteiger partial charge is 0.292 e. The number of hydrogen-bond acceptors (Lipinski definition) is 3. The van der Waals surface area contributed by atoms with Crippen LogP contribution < -0.4 is 0 Å². The number of hydrogen-bond donors (Lipinski definition) is 0. The van der Waals surface area contributed by atoms with Gasteiger partial charge in [0.25, 0.3) is 0 Å². The highest BCUT2D eigenvalue weighted by atomic mass is 35.5. The average molecular weight is 264 g/mol. The zero-order chi connectivity index (χ0) is 13.0. The lowest BCUT2D eigenvalue weighted by atomic mass is 10.1. The first-order valence-electron chi connectivity index (χ1n) is 5.86. The molecule has 0 unspecified atom stereocenters. The molecule has 2 rings (SSSR count). The lowest BCUT2D eigenvalue weighted by Crippen LogP contribution is -2.13. The van der Waals surface area contributed by atoms with Crippen LogP contribution in [0.15, 0.2) is 30.6 Å². The molecule has 0 radical (unpaired) electrons. The normalized spacial score (nSPS) is 10.6. The van der Waals surface area contributed by atoms with Crippen molar-refractivity contribution in [3.63, 3.8) is 0 Å². The summed E-state index contributed by atoms with van der Waals surface area (Å²) in [5.41, 5.74) is 1.21. The van der Waals surface area contributed by atoms with Crippen LogP contribution in [0.5, 0.6) is 0 Å². The lowest BCUT2D eigenvalue weighted by Gasteiger charge is -2.05. The lowest BCUT2D eigenvalue weighted by molar-refractivity contribution is 0.0981. The standard InChI is InChI=1S/C13H14ClN3O/c1-2-7-17-13(11(14)9-16-17)12(18)8-10-5-3-4-6-15-10/h3-6,9H,2,7-8H2,1H3. The number of nitrogens with zero attached hydrogens (tertiary/aromatic N) is 3. The summed E-state index contributed by atoms with van der Waals surface area (Å²) >= 11 is 6.02. The number of carbonyl (C=O) groups excluding carboxylic acids is 1. The van der Waals surface area contributed by atoms with E-state index in [1.807, 2.05) is 25.1 Å². The van der Waals surface area contributed by atoms with Crippen LogP contribution in [0.1, 0.15) is 29.5 Å². The molecule has 5 heteroatoms. The SMILES string of the molecule is CCCn1ncc(Cl)c1C(=O)Cc1ccccn1. The molecule has 2 aromatic heterocycles. The van der Waals surface area contributed by atoms with Gasteiger partial charge in [-0.25, -0.2) is 0 Å². The molecule has 0 atom stereocenters. The van der Waals surface area contributed by atoms with Crippen molar-refractivity contribution in [2.45, 2.75) is 26.3 Å². The highest BCUT2D eigenvalue weighted by Gasteiger charge is 2.17. The second kappa shape index (κ2) is 5.78. The van der Waals surface area contributed by atoms with Crippen LogP contribution in [0.2, 0.25) is 5.02 Å². The molecule has 18 heavy (non-hydrogen) atoms. The molecule has 0 aromatic carbocycles. The summed E-state index contributed by atoms with van der Waals surface area (Å²) in [4.78, 5) is 16.3. The number of aryl methyl sites for hydroxylation is 1. The van der Waals surface area contributed by atoms with Crippen molar-refractivity contribution in [2.75, 3.05) is 0 Å². The van der Waals surface area contributed by atoms with E-state index in [1.54, 1.807) is 10.9 Å². The van der Waals surface area contributed by atoms with Gasteiger partial charge in [0.2, 0.25) is 0 Å². The van der Waals surface area contributed by atoms with Crippen molar-refractivity contribution >= 4 is 17.4 Å². The van der Waals surface area contributed by atoms with E-state index in [-0.39, 0.29) is 12.2 Å². The van der Waals surface area contributed by atoms with Crippen LogP contribution >= 0.6 is 11.6 Å². The number of ketones is 1. The molecule has 2 aromatic rings. The summed E-state index contributed by atoms with van der Waals surface area (Å²) in [5.74, 6) is -0.0512. The first-order valence-corrected chi connectivity index (χ1v) is 6.24. The fourth-order valence-electron chi connectivity index (χ4n) is 1.77. The Kier molecular flexibility index (Phi) is 4.10. The molecule has 4 nitrogen and oxygen atoms in total. The Balaban J connectivity index is 2.21. The van der Waals surface area contributed by atoms with Crippen molar-refractivity contribution in [1.82, 2.24) is 14.8 Å². The Bertz CT molecular complexity index is 536. The Morgan fingerprint density at radius 2 is 2.28 bits per heavy atom. The average Bonchev–Trinajstić information content (AvgIpc) is 2.72. The molecule has 0 amide bonds. The molecule has 2 heterocycles. The fraction of sp³-hybridized carbons (Fsp3) is 0.308. The predicted molar refractivity (Wildman–Crippen MR) is 69.8 cm³/mol. The summed E-state index contributed by atoms with van der Waals surface area (Å²) < 4.78 is 1.66. The molecule has 0 saturated heterocycles. The molecule has 0 saturated carbocycles. The molecule has 0 aliphatic heterocycles. The minimum absolute atomic E-state index is 0.0512. The van der Waals surface area contributed by atoms with Gasteiger partial charge in [0.1, 0.15) is 5.69 Å².